The topological polar surface area (TPSA) is 99.2 Å². The Bertz CT molecular complexity index is 1590. The van der Waals surface area contributed by atoms with E-state index in [9.17, 15) is 26.4 Å². The van der Waals surface area contributed by atoms with Gasteiger partial charge in [0, 0.05) is 11.8 Å². The molecule has 0 saturated heterocycles. The zero-order valence-electron chi connectivity index (χ0n) is 16.8. The van der Waals surface area contributed by atoms with Crippen LogP contribution in [0.4, 0.5) is 13.2 Å². The van der Waals surface area contributed by atoms with Gasteiger partial charge in [0.2, 0.25) is 0 Å². The van der Waals surface area contributed by atoms with Crippen LogP contribution in [0.25, 0.3) is 22.6 Å². The second-order valence-corrected chi connectivity index (χ2v) is 10.3. The van der Waals surface area contributed by atoms with E-state index in [0.29, 0.717) is 20.8 Å². The van der Waals surface area contributed by atoms with Gasteiger partial charge < -0.3 is 0 Å². The Morgan fingerprint density at radius 2 is 1.65 bits per heavy atom. The Labute approximate surface area is 204 Å². The molecule has 15 heteroatoms. The summed E-state index contributed by atoms with van der Waals surface area (Å²) in [5.41, 5.74) is -2.01. The van der Waals surface area contributed by atoms with Gasteiger partial charge in [-0.05, 0) is 35.9 Å². The lowest BCUT2D eigenvalue weighted by molar-refractivity contribution is -0.141. The number of aromatic nitrogens is 5. The number of hydrogen-bond acceptors (Lipinski definition) is 6. The lowest BCUT2D eigenvalue weighted by atomic mass is 10.1. The molecule has 0 N–H and O–H groups in total. The largest absolute Gasteiger partial charge is 0.435 e. The van der Waals surface area contributed by atoms with Crippen molar-refractivity contribution in [2.45, 2.75) is 18.0 Å². The van der Waals surface area contributed by atoms with Gasteiger partial charge in [0.15, 0.2) is 27.0 Å². The van der Waals surface area contributed by atoms with Crippen LogP contribution >= 0.6 is 34.8 Å². The van der Waals surface area contributed by atoms with Crippen LogP contribution in [0.2, 0.25) is 15.1 Å². The molecule has 0 unspecified atom stereocenters. The second-order valence-electron chi connectivity index (χ2n) is 6.88. The van der Waals surface area contributed by atoms with Crippen LogP contribution < -0.4 is 5.69 Å². The molecular formula is C19H11Cl3F3N5O3S. The summed E-state index contributed by atoms with van der Waals surface area (Å²) in [7, 11) is -3.99. The first-order chi connectivity index (χ1) is 15.8. The van der Waals surface area contributed by atoms with Gasteiger partial charge in [-0.15, -0.1) is 5.10 Å². The van der Waals surface area contributed by atoms with Gasteiger partial charge in [0.05, 0.1) is 20.8 Å². The average molecular weight is 553 g/mol. The van der Waals surface area contributed by atoms with Crippen LogP contribution in [0, 0.1) is 0 Å². The molecule has 1 aromatic carbocycles. The van der Waals surface area contributed by atoms with Gasteiger partial charge in [0.1, 0.15) is 4.90 Å². The first-order valence-corrected chi connectivity index (χ1v) is 12.1. The minimum Gasteiger partial charge on any atom is -0.243 e. The predicted octanol–water partition coefficient (Wildman–Crippen LogP) is 4.71. The van der Waals surface area contributed by atoms with Crippen molar-refractivity contribution < 1.29 is 21.6 Å². The molecule has 178 valence electrons. The van der Waals surface area contributed by atoms with Crippen molar-refractivity contribution >= 4 is 50.3 Å². The summed E-state index contributed by atoms with van der Waals surface area (Å²) in [6.07, 6.45) is -3.56. The first-order valence-electron chi connectivity index (χ1n) is 9.28. The molecule has 3 heterocycles. The predicted molar refractivity (Wildman–Crippen MR) is 120 cm³/mol. The third kappa shape index (κ3) is 4.26. The molecule has 8 nitrogen and oxygen atoms in total. The van der Waals surface area contributed by atoms with E-state index in [0.717, 1.165) is 6.07 Å². The number of hydrogen-bond donors (Lipinski definition) is 0. The number of halogens is 6. The summed E-state index contributed by atoms with van der Waals surface area (Å²) >= 11 is 18.1. The molecule has 0 saturated carbocycles. The molecule has 4 rings (SSSR count). The Hall–Kier alpha value is -2.67. The van der Waals surface area contributed by atoms with Crippen LogP contribution in [-0.4, -0.2) is 38.5 Å². The van der Waals surface area contributed by atoms with E-state index < -0.39 is 33.2 Å². The SMILES string of the molecule is CCS(=O)(=O)c1cc(-c2cc(Cl)c(Cl)c(Cl)c2)cnc1-n1nc2ccc(C(F)(F)F)nn2c1=O. The number of alkyl halides is 3. The highest BCUT2D eigenvalue weighted by molar-refractivity contribution is 7.91. The smallest absolute Gasteiger partial charge is 0.243 e. The molecule has 0 fully saturated rings. The molecule has 0 aliphatic heterocycles. The number of rotatable bonds is 4. The lowest BCUT2D eigenvalue weighted by Crippen LogP contribution is -2.25. The van der Waals surface area contributed by atoms with E-state index in [-0.39, 0.29) is 36.9 Å². The fourth-order valence-electron chi connectivity index (χ4n) is 3.02. The van der Waals surface area contributed by atoms with Gasteiger partial charge >= 0.3 is 11.9 Å². The number of pyridine rings is 1. The van der Waals surface area contributed by atoms with Crippen LogP contribution in [0.15, 0.2) is 46.2 Å². The van der Waals surface area contributed by atoms with Gasteiger partial charge in [-0.25, -0.2) is 18.2 Å². The Balaban J connectivity index is 1.96. The average Bonchev–Trinajstić information content (AvgIpc) is 3.12. The maximum atomic E-state index is 13.0. The summed E-state index contributed by atoms with van der Waals surface area (Å²) in [6.45, 7) is 1.38. The number of benzene rings is 1. The molecule has 0 spiro atoms. The maximum absolute atomic E-state index is 13.0. The van der Waals surface area contributed by atoms with E-state index in [1.54, 1.807) is 0 Å². The summed E-state index contributed by atoms with van der Waals surface area (Å²) in [6, 6.07) is 5.74. The number of fused-ring (bicyclic) bond motifs is 1. The third-order valence-corrected chi connectivity index (χ3v) is 7.66. The minimum absolute atomic E-state index is 0.111. The van der Waals surface area contributed by atoms with E-state index in [1.807, 2.05) is 0 Å². The van der Waals surface area contributed by atoms with Crippen molar-refractivity contribution in [3.05, 3.63) is 67.8 Å². The molecule has 0 amide bonds. The minimum atomic E-state index is -4.80. The Morgan fingerprint density at radius 3 is 2.24 bits per heavy atom. The zero-order valence-corrected chi connectivity index (χ0v) is 19.9. The van der Waals surface area contributed by atoms with Crippen molar-refractivity contribution in [1.82, 2.24) is 24.4 Å². The molecule has 4 aromatic rings. The molecule has 0 atom stereocenters. The molecular weight excluding hydrogens is 542 g/mol. The molecule has 0 aliphatic rings. The monoisotopic (exact) mass is 551 g/mol. The maximum Gasteiger partial charge on any atom is 0.435 e. The highest BCUT2D eigenvalue weighted by Crippen LogP contribution is 2.36. The van der Waals surface area contributed by atoms with Gasteiger partial charge in [-0.1, -0.05) is 41.7 Å². The lowest BCUT2D eigenvalue weighted by Gasteiger charge is -2.11. The molecule has 0 bridgehead atoms. The fourth-order valence-corrected chi connectivity index (χ4v) is 4.65. The summed E-state index contributed by atoms with van der Waals surface area (Å²) < 4.78 is 65.7. The number of sulfone groups is 1. The summed E-state index contributed by atoms with van der Waals surface area (Å²) in [5, 5.41) is 7.54. The molecule has 3 aromatic heterocycles. The summed E-state index contributed by atoms with van der Waals surface area (Å²) in [4.78, 5) is 16.5. The van der Waals surface area contributed by atoms with Crippen molar-refractivity contribution in [3.63, 3.8) is 0 Å². The van der Waals surface area contributed by atoms with Gasteiger partial charge in [-0.3, -0.25) is 0 Å². The normalized spacial score (nSPS) is 12.4. The van der Waals surface area contributed by atoms with Crippen LogP contribution in [0.3, 0.4) is 0 Å². The van der Waals surface area contributed by atoms with Crippen LogP contribution in [0.1, 0.15) is 12.6 Å². The van der Waals surface area contributed by atoms with Crippen molar-refractivity contribution in [2.75, 3.05) is 5.75 Å². The molecule has 0 radical (unpaired) electrons. The third-order valence-electron chi connectivity index (χ3n) is 4.74. The van der Waals surface area contributed by atoms with E-state index in [4.69, 9.17) is 34.8 Å². The quantitative estimate of drug-likeness (QED) is 0.340. The Kier molecular flexibility index (Phi) is 6.13. The van der Waals surface area contributed by atoms with Crippen LogP contribution in [-0.2, 0) is 16.0 Å². The Morgan fingerprint density at radius 1 is 1.00 bits per heavy atom. The van der Waals surface area contributed by atoms with Crippen molar-refractivity contribution in [3.8, 4) is 16.9 Å². The van der Waals surface area contributed by atoms with Gasteiger partial charge in [0.25, 0.3) is 0 Å². The van der Waals surface area contributed by atoms with Crippen molar-refractivity contribution in [1.29, 1.82) is 0 Å². The van der Waals surface area contributed by atoms with Crippen LogP contribution in [0.5, 0.6) is 0 Å². The second kappa shape index (κ2) is 8.52. The van der Waals surface area contributed by atoms with E-state index in [2.05, 4.69) is 15.2 Å². The van der Waals surface area contributed by atoms with E-state index in [1.165, 1.54) is 31.3 Å². The first kappa shape index (κ1) is 24.5. The fraction of sp³-hybridized carbons (Fsp3) is 0.158. The summed E-state index contributed by atoms with van der Waals surface area (Å²) in [5.74, 6) is -0.757. The zero-order chi connectivity index (χ0) is 25.0. The number of nitrogens with zero attached hydrogens (tertiary/aromatic N) is 5. The van der Waals surface area contributed by atoms with E-state index >= 15 is 0 Å². The highest BCUT2D eigenvalue weighted by atomic mass is 35.5. The molecule has 0 aliphatic carbocycles. The standard InChI is InChI=1S/C19H11Cl3F3N5O3S/c1-2-34(32,33)13-7-10(9-5-11(20)16(22)12(21)6-9)8-26-17(13)30-18(31)29-15(28-30)4-3-14(27-29)19(23,24)25/h3-8H,2H2,1H3. The van der Waals surface area contributed by atoms with Gasteiger partial charge in [-0.2, -0.15) is 27.5 Å². The van der Waals surface area contributed by atoms with Crippen molar-refractivity contribution in [2.24, 2.45) is 0 Å². The molecule has 34 heavy (non-hydrogen) atoms. The highest BCUT2D eigenvalue weighted by Gasteiger charge is 2.34.